The van der Waals surface area contributed by atoms with E-state index in [1.807, 2.05) is 0 Å². The number of hydrogen-bond acceptors (Lipinski definition) is 2. The second kappa shape index (κ2) is 3.56. The second-order valence-electron chi connectivity index (χ2n) is 3.66. The number of fused-ring (bicyclic) bond motifs is 1. The molecule has 2 rings (SSSR count). The molecule has 3 nitrogen and oxygen atoms in total. The highest BCUT2D eigenvalue weighted by molar-refractivity contribution is 6.04. The molecule has 0 aliphatic heterocycles. The van der Waals surface area contributed by atoms with Crippen LogP contribution in [0.1, 0.15) is 21.6 Å². The molecule has 0 radical (unpaired) electrons. The van der Waals surface area contributed by atoms with Crippen molar-refractivity contribution >= 4 is 16.9 Å². The van der Waals surface area contributed by atoms with Crippen LogP contribution in [0, 0.1) is 19.7 Å². The molecule has 1 heterocycles. The van der Waals surface area contributed by atoms with Crippen molar-refractivity contribution in [3.8, 4) is 0 Å². The Bertz CT molecular complexity index is 593. The van der Waals surface area contributed by atoms with Crippen LogP contribution in [0.5, 0.6) is 0 Å². The Morgan fingerprint density at radius 1 is 1.38 bits per heavy atom. The average molecular weight is 219 g/mol. The Morgan fingerprint density at radius 2 is 2.06 bits per heavy atom. The number of aromatic nitrogens is 1. The molecular formula is C12H10FNO2. The van der Waals surface area contributed by atoms with Crippen molar-refractivity contribution < 1.29 is 14.3 Å². The van der Waals surface area contributed by atoms with Crippen molar-refractivity contribution in [2.75, 3.05) is 0 Å². The van der Waals surface area contributed by atoms with Crippen molar-refractivity contribution in [1.82, 2.24) is 4.98 Å². The summed E-state index contributed by atoms with van der Waals surface area (Å²) < 4.78 is 13.0. The predicted molar refractivity (Wildman–Crippen MR) is 58.1 cm³/mol. The van der Waals surface area contributed by atoms with E-state index in [-0.39, 0.29) is 5.56 Å². The fourth-order valence-corrected chi connectivity index (χ4v) is 1.73. The van der Waals surface area contributed by atoms with Gasteiger partial charge in [0.15, 0.2) is 0 Å². The third-order valence-electron chi connectivity index (χ3n) is 2.65. The largest absolute Gasteiger partial charge is 0.478 e. The Kier molecular flexibility index (Phi) is 2.34. The Labute approximate surface area is 91.5 Å². The van der Waals surface area contributed by atoms with Crippen molar-refractivity contribution in [2.24, 2.45) is 0 Å². The lowest BCUT2D eigenvalue weighted by atomic mass is 10.0. The average Bonchev–Trinajstić information content (AvgIpc) is 2.19. The van der Waals surface area contributed by atoms with E-state index < -0.39 is 11.8 Å². The minimum absolute atomic E-state index is 0.197. The topological polar surface area (TPSA) is 50.2 Å². The standard InChI is InChI=1S/C12H10FNO2/c1-6-7(2)14-10-5-8(13)3-4-9(10)11(6)12(15)16/h3-5H,1-2H3,(H,15,16). The summed E-state index contributed by atoms with van der Waals surface area (Å²) in [7, 11) is 0. The van der Waals surface area contributed by atoms with Crippen LogP contribution in [0.4, 0.5) is 4.39 Å². The maximum absolute atomic E-state index is 13.0. The van der Waals surface area contributed by atoms with E-state index in [1.165, 1.54) is 18.2 Å². The molecule has 2 aromatic rings. The first-order valence-corrected chi connectivity index (χ1v) is 4.80. The minimum Gasteiger partial charge on any atom is -0.478 e. The fourth-order valence-electron chi connectivity index (χ4n) is 1.73. The number of halogens is 1. The fraction of sp³-hybridized carbons (Fsp3) is 0.167. The van der Waals surface area contributed by atoms with Gasteiger partial charge in [-0.3, -0.25) is 4.98 Å². The molecule has 0 aliphatic rings. The first-order chi connectivity index (χ1) is 7.50. The summed E-state index contributed by atoms with van der Waals surface area (Å²) in [6.07, 6.45) is 0. The molecule has 82 valence electrons. The van der Waals surface area contributed by atoms with Crippen LogP contribution in [0.2, 0.25) is 0 Å². The van der Waals surface area contributed by atoms with E-state index in [2.05, 4.69) is 4.98 Å². The van der Waals surface area contributed by atoms with Crippen LogP contribution in [-0.4, -0.2) is 16.1 Å². The molecule has 0 amide bonds. The van der Waals surface area contributed by atoms with Gasteiger partial charge in [0, 0.05) is 17.1 Å². The molecule has 4 heteroatoms. The van der Waals surface area contributed by atoms with Crippen molar-refractivity contribution in [2.45, 2.75) is 13.8 Å². The SMILES string of the molecule is Cc1nc2cc(F)ccc2c(C(=O)O)c1C. The summed E-state index contributed by atoms with van der Waals surface area (Å²) in [5, 5.41) is 9.61. The number of pyridine rings is 1. The van der Waals surface area contributed by atoms with Crippen LogP contribution in [-0.2, 0) is 0 Å². The Morgan fingerprint density at radius 3 is 2.69 bits per heavy atom. The molecular weight excluding hydrogens is 209 g/mol. The van der Waals surface area contributed by atoms with E-state index in [0.717, 1.165) is 0 Å². The first-order valence-electron chi connectivity index (χ1n) is 4.80. The van der Waals surface area contributed by atoms with Crippen LogP contribution >= 0.6 is 0 Å². The molecule has 16 heavy (non-hydrogen) atoms. The lowest BCUT2D eigenvalue weighted by Gasteiger charge is -2.08. The summed E-state index contributed by atoms with van der Waals surface area (Å²) >= 11 is 0. The number of hydrogen-bond donors (Lipinski definition) is 1. The highest BCUT2D eigenvalue weighted by atomic mass is 19.1. The molecule has 1 N–H and O–H groups in total. The third kappa shape index (κ3) is 1.52. The van der Waals surface area contributed by atoms with E-state index in [4.69, 9.17) is 5.11 Å². The molecule has 0 atom stereocenters. The number of carbonyl (C=O) groups is 1. The normalized spacial score (nSPS) is 10.7. The first kappa shape index (κ1) is 10.5. The Hall–Kier alpha value is -1.97. The van der Waals surface area contributed by atoms with Crippen molar-refractivity contribution in [3.05, 3.63) is 40.8 Å². The Balaban J connectivity index is 2.94. The van der Waals surface area contributed by atoms with Gasteiger partial charge < -0.3 is 5.11 Å². The lowest BCUT2D eigenvalue weighted by Crippen LogP contribution is -2.04. The molecule has 0 unspecified atom stereocenters. The second-order valence-corrected chi connectivity index (χ2v) is 3.66. The highest BCUT2D eigenvalue weighted by Crippen LogP contribution is 2.23. The molecule has 0 aliphatic carbocycles. The smallest absolute Gasteiger partial charge is 0.336 e. The zero-order valence-corrected chi connectivity index (χ0v) is 8.91. The quantitative estimate of drug-likeness (QED) is 0.802. The van der Waals surface area contributed by atoms with E-state index in [0.29, 0.717) is 22.2 Å². The number of aromatic carboxylic acids is 1. The van der Waals surface area contributed by atoms with Crippen LogP contribution in [0.15, 0.2) is 18.2 Å². The zero-order valence-electron chi connectivity index (χ0n) is 8.91. The maximum Gasteiger partial charge on any atom is 0.336 e. The van der Waals surface area contributed by atoms with Crippen LogP contribution in [0.3, 0.4) is 0 Å². The number of carboxylic acids is 1. The van der Waals surface area contributed by atoms with E-state index in [1.54, 1.807) is 13.8 Å². The van der Waals surface area contributed by atoms with Gasteiger partial charge in [0.05, 0.1) is 11.1 Å². The van der Waals surface area contributed by atoms with Gasteiger partial charge in [0.2, 0.25) is 0 Å². The maximum atomic E-state index is 13.0. The predicted octanol–water partition coefficient (Wildman–Crippen LogP) is 2.69. The lowest BCUT2D eigenvalue weighted by molar-refractivity contribution is 0.0698. The van der Waals surface area contributed by atoms with Crippen LogP contribution in [0.25, 0.3) is 10.9 Å². The molecule has 0 saturated carbocycles. The van der Waals surface area contributed by atoms with Gasteiger partial charge >= 0.3 is 5.97 Å². The summed E-state index contributed by atoms with van der Waals surface area (Å²) in [6.45, 7) is 3.42. The molecule has 1 aromatic heterocycles. The summed E-state index contributed by atoms with van der Waals surface area (Å²) in [6, 6.07) is 3.94. The molecule has 0 bridgehead atoms. The number of carboxylic acid groups (broad SMARTS) is 1. The van der Waals surface area contributed by atoms with Gasteiger partial charge in [-0.25, -0.2) is 9.18 Å². The third-order valence-corrected chi connectivity index (χ3v) is 2.65. The number of benzene rings is 1. The van der Waals surface area contributed by atoms with Gasteiger partial charge in [-0.05, 0) is 31.5 Å². The van der Waals surface area contributed by atoms with Gasteiger partial charge in [0.25, 0.3) is 0 Å². The molecule has 1 aromatic carbocycles. The summed E-state index contributed by atoms with van der Waals surface area (Å²) in [4.78, 5) is 15.3. The molecule has 0 spiro atoms. The van der Waals surface area contributed by atoms with E-state index >= 15 is 0 Å². The highest BCUT2D eigenvalue weighted by Gasteiger charge is 2.15. The number of rotatable bonds is 1. The van der Waals surface area contributed by atoms with E-state index in [9.17, 15) is 9.18 Å². The van der Waals surface area contributed by atoms with Gasteiger partial charge in [-0.15, -0.1) is 0 Å². The van der Waals surface area contributed by atoms with Crippen molar-refractivity contribution in [1.29, 1.82) is 0 Å². The van der Waals surface area contributed by atoms with Gasteiger partial charge in [-0.1, -0.05) is 0 Å². The number of aryl methyl sites for hydroxylation is 1. The summed E-state index contributed by atoms with van der Waals surface area (Å²) in [5.41, 5.74) is 1.80. The number of nitrogens with zero attached hydrogens (tertiary/aromatic N) is 1. The molecule has 0 saturated heterocycles. The van der Waals surface area contributed by atoms with Gasteiger partial charge in [-0.2, -0.15) is 0 Å². The minimum atomic E-state index is -1.01. The zero-order chi connectivity index (χ0) is 11.9. The molecule has 0 fully saturated rings. The van der Waals surface area contributed by atoms with Gasteiger partial charge in [0.1, 0.15) is 5.82 Å². The summed E-state index contributed by atoms with van der Waals surface area (Å²) in [5.74, 6) is -1.43. The van der Waals surface area contributed by atoms with Crippen molar-refractivity contribution in [3.63, 3.8) is 0 Å². The monoisotopic (exact) mass is 219 g/mol. The van der Waals surface area contributed by atoms with Crippen LogP contribution < -0.4 is 0 Å².